The molecule has 0 heterocycles. The van der Waals surface area contributed by atoms with Crippen molar-refractivity contribution < 1.29 is 0 Å². The Morgan fingerprint density at radius 1 is 0.306 bits per heavy atom. The topological polar surface area (TPSA) is 3.24 Å². The zero-order valence-corrected chi connectivity index (χ0v) is 27.7. The Labute approximate surface area is 287 Å². The van der Waals surface area contributed by atoms with E-state index in [1.165, 1.54) is 76.5 Å². The van der Waals surface area contributed by atoms with Crippen LogP contribution in [0.4, 0.5) is 17.1 Å². The van der Waals surface area contributed by atoms with Gasteiger partial charge in [0.15, 0.2) is 0 Å². The minimum Gasteiger partial charge on any atom is -0.310 e. The molecule has 1 nitrogen and oxygen atoms in total. The third kappa shape index (κ3) is 5.12. The highest BCUT2D eigenvalue weighted by Crippen LogP contribution is 2.43. The van der Waals surface area contributed by atoms with Crippen LogP contribution in [0.25, 0.3) is 65.3 Å². The first kappa shape index (κ1) is 29.0. The normalized spacial score (nSPS) is 11.5. The molecule has 0 aliphatic carbocycles. The average Bonchev–Trinajstić information content (AvgIpc) is 3.14. The highest BCUT2D eigenvalue weighted by molar-refractivity contribution is 6.24. The number of hydrogen-bond acceptors (Lipinski definition) is 1. The molecule has 0 fully saturated rings. The third-order valence-electron chi connectivity index (χ3n) is 9.90. The fourth-order valence-corrected chi connectivity index (χ4v) is 7.56. The fraction of sp³-hybridized carbons (Fsp3) is 0.0417. The molecule has 0 aliphatic rings. The second-order valence-electron chi connectivity index (χ2n) is 13.2. The molecule has 0 atom stereocenters. The predicted molar refractivity (Wildman–Crippen MR) is 211 cm³/mol. The fourth-order valence-electron chi connectivity index (χ4n) is 7.56. The van der Waals surface area contributed by atoms with Gasteiger partial charge in [-0.25, -0.2) is 0 Å². The zero-order valence-electron chi connectivity index (χ0n) is 27.7. The lowest BCUT2D eigenvalue weighted by molar-refractivity contribution is 1.26. The highest BCUT2D eigenvalue weighted by atomic mass is 15.1. The van der Waals surface area contributed by atoms with Crippen LogP contribution in [-0.2, 0) is 0 Å². The Bertz CT molecular complexity index is 2640. The van der Waals surface area contributed by atoms with Gasteiger partial charge in [0.25, 0.3) is 0 Å². The zero-order chi connectivity index (χ0) is 32.9. The second-order valence-corrected chi connectivity index (χ2v) is 13.2. The molecule has 0 saturated carbocycles. The van der Waals surface area contributed by atoms with E-state index in [1.54, 1.807) is 0 Å². The Morgan fingerprint density at radius 3 is 1.37 bits per heavy atom. The summed E-state index contributed by atoms with van der Waals surface area (Å²) in [6, 6.07) is 64.6. The molecule has 9 rings (SSSR count). The van der Waals surface area contributed by atoms with Gasteiger partial charge in [0.05, 0.1) is 0 Å². The van der Waals surface area contributed by atoms with E-state index in [9.17, 15) is 0 Å². The van der Waals surface area contributed by atoms with Crippen molar-refractivity contribution in [2.75, 3.05) is 4.90 Å². The van der Waals surface area contributed by atoms with Crippen molar-refractivity contribution >= 4 is 60.2 Å². The quantitative estimate of drug-likeness (QED) is 0.172. The van der Waals surface area contributed by atoms with Gasteiger partial charge in [-0.3, -0.25) is 0 Å². The van der Waals surface area contributed by atoms with Gasteiger partial charge >= 0.3 is 0 Å². The van der Waals surface area contributed by atoms with Crippen molar-refractivity contribution in [1.82, 2.24) is 0 Å². The molecule has 0 aliphatic heterocycles. The highest BCUT2D eigenvalue weighted by Gasteiger charge is 2.17. The molecular formula is C48H35N. The Hall–Kier alpha value is -6.18. The lowest BCUT2D eigenvalue weighted by Crippen LogP contribution is -2.10. The minimum atomic E-state index is 1.13. The predicted octanol–water partition coefficient (Wildman–Crippen LogP) is 13.7. The van der Waals surface area contributed by atoms with Crippen molar-refractivity contribution in [3.8, 4) is 22.3 Å². The summed E-state index contributed by atoms with van der Waals surface area (Å²) in [5, 5.41) is 10.2. The molecule has 0 unspecified atom stereocenters. The van der Waals surface area contributed by atoms with Gasteiger partial charge in [0.1, 0.15) is 0 Å². The van der Waals surface area contributed by atoms with Crippen LogP contribution >= 0.6 is 0 Å². The third-order valence-corrected chi connectivity index (χ3v) is 9.90. The summed E-state index contributed by atoms with van der Waals surface area (Å²) in [4.78, 5) is 2.35. The van der Waals surface area contributed by atoms with Crippen LogP contribution in [-0.4, -0.2) is 0 Å². The lowest BCUT2D eigenvalue weighted by Gasteiger charge is -2.26. The molecule has 0 saturated heterocycles. The Balaban J connectivity index is 1.23. The molecule has 0 radical (unpaired) electrons. The van der Waals surface area contributed by atoms with E-state index in [1.807, 2.05) is 0 Å². The maximum Gasteiger partial charge on any atom is 0.0464 e. The van der Waals surface area contributed by atoms with E-state index in [2.05, 4.69) is 195 Å². The van der Waals surface area contributed by atoms with E-state index in [0.29, 0.717) is 0 Å². The van der Waals surface area contributed by atoms with Crippen LogP contribution in [0.1, 0.15) is 11.1 Å². The molecule has 9 aromatic carbocycles. The average molecular weight is 626 g/mol. The summed E-state index contributed by atoms with van der Waals surface area (Å²) in [7, 11) is 0. The number of nitrogens with zero attached hydrogens (tertiary/aromatic N) is 1. The summed E-state index contributed by atoms with van der Waals surface area (Å²) in [6.07, 6.45) is 0. The number of anilines is 3. The van der Waals surface area contributed by atoms with E-state index < -0.39 is 0 Å². The van der Waals surface area contributed by atoms with Gasteiger partial charge in [-0.1, -0.05) is 121 Å². The molecule has 0 amide bonds. The largest absolute Gasteiger partial charge is 0.310 e. The summed E-state index contributed by atoms with van der Waals surface area (Å²) in [6.45, 7) is 4.31. The van der Waals surface area contributed by atoms with Gasteiger partial charge in [-0.2, -0.15) is 0 Å². The summed E-state index contributed by atoms with van der Waals surface area (Å²) >= 11 is 0. The summed E-state index contributed by atoms with van der Waals surface area (Å²) in [5.41, 5.74) is 10.9. The van der Waals surface area contributed by atoms with Crippen molar-refractivity contribution in [2.45, 2.75) is 13.8 Å². The second kappa shape index (κ2) is 11.8. The maximum atomic E-state index is 2.42. The molecule has 0 bridgehead atoms. The summed E-state index contributed by atoms with van der Waals surface area (Å²) in [5.74, 6) is 0. The Morgan fingerprint density at radius 2 is 0.796 bits per heavy atom. The van der Waals surface area contributed by atoms with Gasteiger partial charge in [-0.05, 0) is 145 Å². The smallest absolute Gasteiger partial charge is 0.0464 e. The van der Waals surface area contributed by atoms with E-state index in [0.717, 1.165) is 17.1 Å². The van der Waals surface area contributed by atoms with Gasteiger partial charge in [0.2, 0.25) is 0 Å². The first-order valence-electron chi connectivity index (χ1n) is 17.0. The molecule has 1 heteroatoms. The number of rotatable bonds is 5. The van der Waals surface area contributed by atoms with Crippen molar-refractivity contribution in [2.24, 2.45) is 0 Å². The van der Waals surface area contributed by atoms with Crippen molar-refractivity contribution in [3.05, 3.63) is 187 Å². The molecule has 49 heavy (non-hydrogen) atoms. The Kier molecular flexibility index (Phi) is 6.99. The van der Waals surface area contributed by atoms with E-state index >= 15 is 0 Å². The first-order chi connectivity index (χ1) is 24.1. The number of benzene rings is 9. The van der Waals surface area contributed by atoms with Crippen molar-refractivity contribution in [3.63, 3.8) is 0 Å². The lowest BCUT2D eigenvalue weighted by atomic mass is 9.87. The van der Waals surface area contributed by atoms with Gasteiger partial charge in [-0.15, -0.1) is 0 Å². The minimum absolute atomic E-state index is 1.13. The maximum absolute atomic E-state index is 2.42. The van der Waals surface area contributed by atoms with Crippen LogP contribution in [0.2, 0.25) is 0 Å². The van der Waals surface area contributed by atoms with Crippen LogP contribution in [0, 0.1) is 13.8 Å². The van der Waals surface area contributed by atoms with Crippen molar-refractivity contribution in [1.29, 1.82) is 0 Å². The molecule has 0 aromatic heterocycles. The standard InChI is InChI=1S/C48H35N/c1-32-11-9-15-39(27-32)49(40-16-10-12-33(2)28-40)38-25-23-35(24-26-38)45-30-47-44-20-8-6-18-42(44)46(31-48(47)43-19-7-5-17-41(43)45)37-22-21-34-13-3-4-14-36(34)29-37/h3-31H,1-2H3. The molecule has 0 N–H and O–H groups in total. The van der Waals surface area contributed by atoms with E-state index in [-0.39, 0.29) is 0 Å². The molecule has 9 aromatic rings. The number of hydrogen-bond donors (Lipinski definition) is 0. The molecule has 232 valence electrons. The van der Waals surface area contributed by atoms with E-state index in [4.69, 9.17) is 0 Å². The number of aryl methyl sites for hydroxylation is 2. The first-order valence-corrected chi connectivity index (χ1v) is 17.0. The number of fused-ring (bicyclic) bond motifs is 6. The molecule has 0 spiro atoms. The SMILES string of the molecule is Cc1cccc(N(c2ccc(-c3cc4c5ccccc5c(-c5ccc6ccccc6c5)cc4c4ccccc34)cc2)c2cccc(C)c2)c1. The summed E-state index contributed by atoms with van der Waals surface area (Å²) < 4.78 is 0. The van der Waals surface area contributed by atoms with Crippen LogP contribution in [0.15, 0.2) is 176 Å². The monoisotopic (exact) mass is 625 g/mol. The van der Waals surface area contributed by atoms with Gasteiger partial charge < -0.3 is 4.90 Å². The van der Waals surface area contributed by atoms with Crippen LogP contribution < -0.4 is 4.90 Å². The van der Waals surface area contributed by atoms with Crippen LogP contribution in [0.5, 0.6) is 0 Å². The van der Waals surface area contributed by atoms with Crippen LogP contribution in [0.3, 0.4) is 0 Å². The molecular weight excluding hydrogens is 591 g/mol. The van der Waals surface area contributed by atoms with Gasteiger partial charge in [0, 0.05) is 17.1 Å².